The lowest BCUT2D eigenvalue weighted by atomic mass is 10.1. The molecule has 10 heteroatoms. The number of pyridine rings is 1. The van der Waals surface area contributed by atoms with Crippen LogP contribution in [0.3, 0.4) is 0 Å². The van der Waals surface area contributed by atoms with E-state index in [1.54, 1.807) is 34.6 Å². The van der Waals surface area contributed by atoms with E-state index in [9.17, 15) is 4.79 Å². The zero-order valence-corrected chi connectivity index (χ0v) is 20.5. The number of aromatic nitrogens is 6. The average molecular weight is 488 g/mol. The van der Waals surface area contributed by atoms with Crippen molar-refractivity contribution in [1.29, 1.82) is 0 Å². The predicted octanol–water partition coefficient (Wildman–Crippen LogP) is 4.97. The highest BCUT2D eigenvalue weighted by Crippen LogP contribution is 2.31. The minimum Gasteiger partial charge on any atom is -0.492 e. The lowest BCUT2D eigenvalue weighted by Gasteiger charge is -2.11. The summed E-state index contributed by atoms with van der Waals surface area (Å²) in [5.41, 5.74) is 2.62. The SMILES string of the molecule is Cc1ccc(-c2cc(C(=O)Nc3cccc(OCCn4cncn4)c3)c3cnn(C(C)C)c3n2)s1. The first kappa shape index (κ1) is 22.7. The molecule has 0 unspecified atom stereocenters. The van der Waals surface area contributed by atoms with Crippen molar-refractivity contribution in [3.8, 4) is 16.3 Å². The Kier molecular flexibility index (Phi) is 6.28. The molecule has 0 aliphatic rings. The number of carbonyl (C=O) groups is 1. The monoisotopic (exact) mass is 487 g/mol. The Hall–Kier alpha value is -4.05. The van der Waals surface area contributed by atoms with Gasteiger partial charge in [0, 0.05) is 22.7 Å². The molecule has 5 aromatic rings. The van der Waals surface area contributed by atoms with E-state index in [-0.39, 0.29) is 11.9 Å². The maximum absolute atomic E-state index is 13.4. The van der Waals surface area contributed by atoms with Crippen LogP contribution in [0, 0.1) is 6.92 Å². The van der Waals surface area contributed by atoms with Crippen molar-refractivity contribution in [3.05, 3.63) is 71.8 Å². The van der Waals surface area contributed by atoms with Crippen LogP contribution in [0.2, 0.25) is 0 Å². The number of carbonyl (C=O) groups excluding carboxylic acids is 1. The van der Waals surface area contributed by atoms with Gasteiger partial charge in [0.15, 0.2) is 5.65 Å². The summed E-state index contributed by atoms with van der Waals surface area (Å²) in [4.78, 5) is 24.4. The molecule has 35 heavy (non-hydrogen) atoms. The number of ether oxygens (including phenoxy) is 1. The van der Waals surface area contributed by atoms with E-state index in [0.29, 0.717) is 41.2 Å². The Morgan fingerprint density at radius 1 is 1.17 bits per heavy atom. The van der Waals surface area contributed by atoms with Crippen LogP contribution in [0.5, 0.6) is 5.75 Å². The molecule has 0 aliphatic carbocycles. The number of amides is 1. The van der Waals surface area contributed by atoms with Crippen LogP contribution in [-0.2, 0) is 6.54 Å². The molecule has 0 saturated heterocycles. The maximum Gasteiger partial charge on any atom is 0.256 e. The summed E-state index contributed by atoms with van der Waals surface area (Å²) in [5.74, 6) is 0.431. The summed E-state index contributed by atoms with van der Waals surface area (Å²) >= 11 is 1.65. The zero-order chi connectivity index (χ0) is 24.4. The smallest absolute Gasteiger partial charge is 0.256 e. The number of thiophene rings is 1. The molecule has 0 fully saturated rings. The lowest BCUT2D eigenvalue weighted by Crippen LogP contribution is -2.14. The molecular weight excluding hydrogens is 462 g/mol. The fourth-order valence-electron chi connectivity index (χ4n) is 3.75. The number of fused-ring (bicyclic) bond motifs is 1. The molecule has 0 aliphatic heterocycles. The Morgan fingerprint density at radius 3 is 2.80 bits per heavy atom. The third-order valence-corrected chi connectivity index (χ3v) is 6.46. The average Bonchev–Trinajstić information content (AvgIpc) is 3.59. The first-order valence-corrected chi connectivity index (χ1v) is 12.1. The molecule has 178 valence electrons. The topological polar surface area (TPSA) is 99.7 Å². The van der Waals surface area contributed by atoms with E-state index < -0.39 is 0 Å². The van der Waals surface area contributed by atoms with Crippen molar-refractivity contribution < 1.29 is 9.53 Å². The first-order chi connectivity index (χ1) is 17.0. The van der Waals surface area contributed by atoms with Crippen molar-refractivity contribution in [2.45, 2.75) is 33.4 Å². The van der Waals surface area contributed by atoms with Gasteiger partial charge in [0.2, 0.25) is 0 Å². The number of benzene rings is 1. The van der Waals surface area contributed by atoms with Crippen molar-refractivity contribution >= 4 is 34.0 Å². The zero-order valence-electron chi connectivity index (χ0n) is 19.7. The number of rotatable bonds is 8. The van der Waals surface area contributed by atoms with E-state index in [0.717, 1.165) is 10.6 Å². The molecule has 4 aromatic heterocycles. The minimum absolute atomic E-state index is 0.114. The van der Waals surface area contributed by atoms with Crippen LogP contribution in [0.25, 0.3) is 21.6 Å². The second kappa shape index (κ2) is 9.67. The summed E-state index contributed by atoms with van der Waals surface area (Å²) in [6.45, 7) is 7.16. The molecule has 0 bridgehead atoms. The number of nitrogens with one attached hydrogen (secondary N) is 1. The van der Waals surface area contributed by atoms with Gasteiger partial charge >= 0.3 is 0 Å². The van der Waals surface area contributed by atoms with E-state index in [1.807, 2.05) is 48.9 Å². The molecule has 5 rings (SSSR count). The largest absolute Gasteiger partial charge is 0.492 e. The Bertz CT molecular complexity index is 1470. The van der Waals surface area contributed by atoms with Crippen LogP contribution in [0.15, 0.2) is 61.3 Å². The fourth-order valence-corrected chi connectivity index (χ4v) is 4.58. The molecular formula is C25H25N7O2S. The van der Waals surface area contributed by atoms with Gasteiger partial charge in [-0.1, -0.05) is 6.07 Å². The molecule has 1 aromatic carbocycles. The first-order valence-electron chi connectivity index (χ1n) is 11.3. The maximum atomic E-state index is 13.4. The van der Waals surface area contributed by atoms with Gasteiger partial charge in [-0.25, -0.2) is 19.3 Å². The van der Waals surface area contributed by atoms with Crippen molar-refractivity contribution in [2.24, 2.45) is 0 Å². The van der Waals surface area contributed by atoms with Gasteiger partial charge in [0.25, 0.3) is 5.91 Å². The standard InChI is InChI=1S/C25H25N7O2S/c1-16(2)32-24-21(13-27-32)20(12-22(30-24)23-8-7-17(3)35-23)25(33)29-18-5-4-6-19(11-18)34-10-9-31-15-26-14-28-31/h4-8,11-16H,9-10H2,1-3H3,(H,29,33). The number of hydrogen-bond acceptors (Lipinski definition) is 7. The summed E-state index contributed by atoms with van der Waals surface area (Å²) in [7, 11) is 0. The molecule has 0 radical (unpaired) electrons. The molecule has 9 nitrogen and oxygen atoms in total. The normalized spacial score (nSPS) is 11.3. The van der Waals surface area contributed by atoms with Crippen LogP contribution in [0.4, 0.5) is 5.69 Å². The summed E-state index contributed by atoms with van der Waals surface area (Å²) in [5, 5.41) is 12.3. The molecule has 0 spiro atoms. The number of aryl methyl sites for hydroxylation is 1. The van der Waals surface area contributed by atoms with Gasteiger partial charge in [0.1, 0.15) is 25.0 Å². The second-order valence-corrected chi connectivity index (χ2v) is 9.66. The minimum atomic E-state index is -0.227. The van der Waals surface area contributed by atoms with Gasteiger partial charge in [-0.05, 0) is 51.1 Å². The quantitative estimate of drug-likeness (QED) is 0.332. The van der Waals surface area contributed by atoms with Crippen LogP contribution < -0.4 is 10.1 Å². The second-order valence-electron chi connectivity index (χ2n) is 8.37. The van der Waals surface area contributed by atoms with Crippen molar-refractivity contribution in [1.82, 2.24) is 29.5 Å². The number of hydrogen-bond donors (Lipinski definition) is 1. The van der Waals surface area contributed by atoms with Crippen molar-refractivity contribution in [3.63, 3.8) is 0 Å². The number of nitrogens with zero attached hydrogens (tertiary/aromatic N) is 6. The Balaban J connectivity index is 1.41. The highest BCUT2D eigenvalue weighted by Gasteiger charge is 2.19. The van der Waals surface area contributed by atoms with Crippen molar-refractivity contribution in [2.75, 3.05) is 11.9 Å². The highest BCUT2D eigenvalue weighted by molar-refractivity contribution is 7.15. The van der Waals surface area contributed by atoms with E-state index in [2.05, 4.69) is 33.5 Å². The summed E-state index contributed by atoms with van der Waals surface area (Å²) < 4.78 is 9.37. The van der Waals surface area contributed by atoms with Crippen LogP contribution >= 0.6 is 11.3 Å². The van der Waals surface area contributed by atoms with E-state index in [1.165, 1.54) is 11.2 Å². The predicted molar refractivity (Wildman–Crippen MR) is 136 cm³/mol. The molecule has 4 heterocycles. The highest BCUT2D eigenvalue weighted by atomic mass is 32.1. The summed E-state index contributed by atoms with van der Waals surface area (Å²) in [6.07, 6.45) is 4.84. The van der Waals surface area contributed by atoms with E-state index >= 15 is 0 Å². The van der Waals surface area contributed by atoms with E-state index in [4.69, 9.17) is 9.72 Å². The van der Waals surface area contributed by atoms with Crippen LogP contribution in [0.1, 0.15) is 35.1 Å². The van der Waals surface area contributed by atoms with Gasteiger partial charge in [-0.2, -0.15) is 10.2 Å². The summed E-state index contributed by atoms with van der Waals surface area (Å²) in [6, 6.07) is 13.4. The van der Waals surface area contributed by atoms with Gasteiger partial charge in [-0.3, -0.25) is 4.79 Å². The van der Waals surface area contributed by atoms with Gasteiger partial charge in [0.05, 0.1) is 34.3 Å². The third-order valence-electron chi connectivity index (χ3n) is 5.44. The molecule has 1 amide bonds. The fraction of sp³-hybridized carbons (Fsp3) is 0.240. The molecule has 0 atom stereocenters. The van der Waals surface area contributed by atoms with Gasteiger partial charge in [-0.15, -0.1) is 11.3 Å². The Morgan fingerprint density at radius 2 is 2.06 bits per heavy atom. The molecule has 1 N–H and O–H groups in total. The number of anilines is 1. The van der Waals surface area contributed by atoms with Crippen LogP contribution in [-0.4, -0.2) is 42.0 Å². The third kappa shape index (κ3) is 4.92. The van der Waals surface area contributed by atoms with Gasteiger partial charge < -0.3 is 10.1 Å². The Labute approximate surface area is 206 Å². The molecule has 0 saturated carbocycles. The lowest BCUT2D eigenvalue weighted by molar-refractivity contribution is 0.102.